The lowest BCUT2D eigenvalue weighted by Crippen LogP contribution is -2.27. The standard InChI is InChI=1S/C16H17N3O4S/c17-14(21)13-9-3-1-5-11(9)24-16(13)19-12(20)6-7-18-15(22)10-4-2-8-23-10/h2,4,8H,1,3,5-7H2,(H2,17,21)(H,18,22)(H,19,20). The van der Waals surface area contributed by atoms with Gasteiger partial charge in [-0.3, -0.25) is 14.4 Å². The SMILES string of the molecule is NC(=O)c1c(NC(=O)CCNC(=O)c2ccco2)sc2c1CCC2. The first-order valence-electron chi connectivity index (χ1n) is 7.62. The molecule has 1 aliphatic rings. The van der Waals surface area contributed by atoms with E-state index in [9.17, 15) is 14.4 Å². The van der Waals surface area contributed by atoms with Crippen LogP contribution in [0.3, 0.4) is 0 Å². The highest BCUT2D eigenvalue weighted by Crippen LogP contribution is 2.38. The van der Waals surface area contributed by atoms with Crippen molar-refractivity contribution >= 4 is 34.1 Å². The highest BCUT2D eigenvalue weighted by molar-refractivity contribution is 7.17. The maximum Gasteiger partial charge on any atom is 0.286 e. The first-order chi connectivity index (χ1) is 11.6. The van der Waals surface area contributed by atoms with Crippen LogP contribution >= 0.6 is 11.3 Å². The van der Waals surface area contributed by atoms with E-state index in [0.29, 0.717) is 10.6 Å². The molecule has 8 heteroatoms. The van der Waals surface area contributed by atoms with Crippen LogP contribution in [0.2, 0.25) is 0 Å². The predicted molar refractivity (Wildman–Crippen MR) is 89.1 cm³/mol. The van der Waals surface area contributed by atoms with Crippen LogP contribution in [-0.2, 0) is 17.6 Å². The van der Waals surface area contributed by atoms with Crippen molar-refractivity contribution in [1.82, 2.24) is 5.32 Å². The Morgan fingerprint density at radius 2 is 2.12 bits per heavy atom. The molecule has 0 aromatic carbocycles. The van der Waals surface area contributed by atoms with Crippen molar-refractivity contribution in [1.29, 1.82) is 0 Å². The summed E-state index contributed by atoms with van der Waals surface area (Å²) in [6.45, 7) is 0.169. The summed E-state index contributed by atoms with van der Waals surface area (Å²) in [6.07, 6.45) is 4.24. The molecule has 4 N–H and O–H groups in total. The minimum Gasteiger partial charge on any atom is -0.459 e. The molecule has 2 aromatic rings. The van der Waals surface area contributed by atoms with E-state index in [2.05, 4.69) is 10.6 Å². The highest BCUT2D eigenvalue weighted by Gasteiger charge is 2.26. The lowest BCUT2D eigenvalue weighted by atomic mass is 10.1. The normalized spacial score (nSPS) is 12.7. The number of carbonyl (C=O) groups excluding carboxylic acids is 3. The molecule has 126 valence electrons. The molecule has 0 fully saturated rings. The molecule has 1 aliphatic carbocycles. The quantitative estimate of drug-likeness (QED) is 0.737. The van der Waals surface area contributed by atoms with Crippen LogP contribution in [0.4, 0.5) is 5.00 Å². The molecule has 0 atom stereocenters. The lowest BCUT2D eigenvalue weighted by Gasteiger charge is -2.06. The third kappa shape index (κ3) is 3.33. The Balaban J connectivity index is 1.56. The maximum absolute atomic E-state index is 12.1. The van der Waals surface area contributed by atoms with E-state index in [-0.39, 0.29) is 30.5 Å². The minimum absolute atomic E-state index is 0.0905. The number of thiophene rings is 1. The van der Waals surface area contributed by atoms with Gasteiger partial charge in [-0.25, -0.2) is 0 Å². The predicted octanol–water partition coefficient (Wildman–Crippen LogP) is 1.69. The number of furan rings is 1. The summed E-state index contributed by atoms with van der Waals surface area (Å²) in [5, 5.41) is 5.84. The van der Waals surface area contributed by atoms with E-state index in [4.69, 9.17) is 10.2 Å². The fourth-order valence-corrected chi connectivity index (χ4v) is 4.04. The average molecular weight is 347 g/mol. The number of primary amides is 1. The largest absolute Gasteiger partial charge is 0.459 e. The van der Waals surface area contributed by atoms with E-state index in [1.54, 1.807) is 12.1 Å². The molecule has 3 amide bonds. The second-order valence-corrected chi connectivity index (χ2v) is 6.56. The van der Waals surface area contributed by atoms with E-state index in [0.717, 1.165) is 29.7 Å². The molecule has 3 rings (SSSR count). The van der Waals surface area contributed by atoms with Crippen LogP contribution in [0.5, 0.6) is 0 Å². The minimum atomic E-state index is -0.518. The van der Waals surface area contributed by atoms with Gasteiger partial charge in [-0.2, -0.15) is 0 Å². The zero-order valence-electron chi connectivity index (χ0n) is 12.9. The van der Waals surface area contributed by atoms with Gasteiger partial charge in [0.05, 0.1) is 11.8 Å². The summed E-state index contributed by atoms with van der Waals surface area (Å²) in [7, 11) is 0. The smallest absolute Gasteiger partial charge is 0.286 e. The number of fused-ring (bicyclic) bond motifs is 1. The zero-order valence-corrected chi connectivity index (χ0v) is 13.7. The van der Waals surface area contributed by atoms with E-state index in [1.165, 1.54) is 17.6 Å². The first-order valence-corrected chi connectivity index (χ1v) is 8.44. The van der Waals surface area contributed by atoms with E-state index in [1.807, 2.05) is 0 Å². The van der Waals surface area contributed by atoms with E-state index < -0.39 is 5.91 Å². The molecule has 0 saturated carbocycles. The summed E-state index contributed by atoms with van der Waals surface area (Å²) in [6, 6.07) is 3.16. The number of aryl methyl sites for hydroxylation is 1. The van der Waals surface area contributed by atoms with Crippen molar-refractivity contribution in [3.8, 4) is 0 Å². The first kappa shape index (κ1) is 16.3. The molecule has 0 bridgehead atoms. The fraction of sp³-hybridized carbons (Fsp3) is 0.312. The van der Waals surface area contributed by atoms with Gasteiger partial charge in [0.2, 0.25) is 5.91 Å². The van der Waals surface area contributed by atoms with Crippen LogP contribution < -0.4 is 16.4 Å². The van der Waals surface area contributed by atoms with Crippen molar-refractivity contribution in [2.75, 3.05) is 11.9 Å². The second-order valence-electron chi connectivity index (χ2n) is 5.46. The van der Waals surface area contributed by atoms with Crippen molar-refractivity contribution in [3.63, 3.8) is 0 Å². The third-order valence-corrected chi connectivity index (χ3v) is 5.01. The number of anilines is 1. The van der Waals surface area contributed by atoms with Crippen LogP contribution in [0, 0.1) is 0 Å². The Morgan fingerprint density at radius 1 is 1.29 bits per heavy atom. The van der Waals surface area contributed by atoms with Crippen molar-refractivity contribution < 1.29 is 18.8 Å². The monoisotopic (exact) mass is 347 g/mol. The van der Waals surface area contributed by atoms with Gasteiger partial charge >= 0.3 is 0 Å². The van der Waals surface area contributed by atoms with Gasteiger partial charge in [0.25, 0.3) is 11.8 Å². The Kier molecular flexibility index (Phi) is 4.66. The molecule has 2 heterocycles. The Labute approximate surface area is 142 Å². The summed E-state index contributed by atoms with van der Waals surface area (Å²) in [4.78, 5) is 36.5. The van der Waals surface area contributed by atoms with Crippen molar-refractivity contribution in [3.05, 3.63) is 40.2 Å². The number of nitrogens with one attached hydrogen (secondary N) is 2. The number of carbonyl (C=O) groups is 3. The summed E-state index contributed by atoms with van der Waals surface area (Å²) in [5.41, 5.74) is 6.85. The molecule has 0 radical (unpaired) electrons. The molecule has 0 saturated heterocycles. The second kappa shape index (κ2) is 6.88. The van der Waals surface area contributed by atoms with Gasteiger partial charge in [0.1, 0.15) is 5.00 Å². The number of nitrogens with two attached hydrogens (primary N) is 1. The van der Waals surface area contributed by atoms with Gasteiger partial charge in [-0.1, -0.05) is 0 Å². The fourth-order valence-electron chi connectivity index (χ4n) is 2.73. The van der Waals surface area contributed by atoms with Gasteiger partial charge < -0.3 is 20.8 Å². The lowest BCUT2D eigenvalue weighted by molar-refractivity contribution is -0.116. The molecule has 7 nitrogen and oxygen atoms in total. The van der Waals surface area contributed by atoms with Crippen LogP contribution in [0.25, 0.3) is 0 Å². The van der Waals surface area contributed by atoms with Gasteiger partial charge in [-0.05, 0) is 37.0 Å². The number of rotatable bonds is 6. The molecular weight excluding hydrogens is 330 g/mol. The summed E-state index contributed by atoms with van der Waals surface area (Å²) in [5.74, 6) is -0.977. The summed E-state index contributed by atoms with van der Waals surface area (Å²) < 4.78 is 4.96. The van der Waals surface area contributed by atoms with Crippen molar-refractivity contribution in [2.24, 2.45) is 5.73 Å². The topological polar surface area (TPSA) is 114 Å². The van der Waals surface area contributed by atoms with Gasteiger partial charge in [0.15, 0.2) is 5.76 Å². The number of amides is 3. The van der Waals surface area contributed by atoms with Crippen LogP contribution in [0.15, 0.2) is 22.8 Å². The molecule has 2 aromatic heterocycles. The van der Waals surface area contributed by atoms with Crippen LogP contribution in [0.1, 0.15) is 44.2 Å². The van der Waals surface area contributed by atoms with E-state index >= 15 is 0 Å². The Morgan fingerprint density at radius 3 is 2.83 bits per heavy atom. The Hall–Kier alpha value is -2.61. The molecule has 0 unspecified atom stereocenters. The number of hydrogen-bond donors (Lipinski definition) is 3. The van der Waals surface area contributed by atoms with Gasteiger partial charge in [0, 0.05) is 17.8 Å². The highest BCUT2D eigenvalue weighted by atomic mass is 32.1. The maximum atomic E-state index is 12.1. The molecular formula is C16H17N3O4S. The molecule has 0 aliphatic heterocycles. The summed E-state index contributed by atoms with van der Waals surface area (Å²) >= 11 is 1.41. The van der Waals surface area contributed by atoms with Crippen molar-refractivity contribution in [2.45, 2.75) is 25.7 Å². The zero-order chi connectivity index (χ0) is 17.1. The van der Waals surface area contributed by atoms with Gasteiger partial charge in [-0.15, -0.1) is 11.3 Å². The average Bonchev–Trinajstić information content (AvgIpc) is 3.23. The number of hydrogen-bond acceptors (Lipinski definition) is 5. The third-order valence-electron chi connectivity index (χ3n) is 3.80. The van der Waals surface area contributed by atoms with Crippen LogP contribution in [-0.4, -0.2) is 24.3 Å². The molecule has 0 spiro atoms. The Bertz CT molecular complexity index is 780. The molecule has 24 heavy (non-hydrogen) atoms.